The fraction of sp³-hybridized carbons (Fsp3) is 0.438. The number of H-pyrrole nitrogens is 1. The number of likely N-dealkylation sites (N-methyl/N-ethyl adjacent to an activating group) is 1. The second kappa shape index (κ2) is 6.74. The molecule has 11 heteroatoms. The number of carbonyl (C=O) groups is 1. The Morgan fingerprint density at radius 3 is 2.59 bits per heavy atom. The summed E-state index contributed by atoms with van der Waals surface area (Å²) in [6.07, 6.45) is -4.56. The zero-order valence-electron chi connectivity index (χ0n) is 13.9. The summed E-state index contributed by atoms with van der Waals surface area (Å²) in [5.41, 5.74) is -2.30. The van der Waals surface area contributed by atoms with Crippen molar-refractivity contribution in [3.05, 3.63) is 46.0 Å². The molecule has 1 aliphatic rings. The number of halogens is 6. The number of nitrogens with zero attached hydrogens (tertiary/aromatic N) is 3. The summed E-state index contributed by atoms with van der Waals surface area (Å²) in [4.78, 5) is 17.6. The Labute approximate surface area is 155 Å². The molecule has 146 valence electrons. The fourth-order valence-corrected chi connectivity index (χ4v) is 3.34. The zero-order valence-corrected chi connectivity index (χ0v) is 14.7. The normalized spacial score (nSPS) is 15.9. The minimum Gasteiger partial charge on any atom is -0.341 e. The average molecular weight is 409 g/mol. The predicted molar refractivity (Wildman–Crippen MR) is 85.7 cm³/mol. The fourth-order valence-electron chi connectivity index (χ4n) is 2.97. The molecule has 0 aromatic carbocycles. The van der Waals surface area contributed by atoms with Gasteiger partial charge in [0.05, 0.1) is 21.8 Å². The van der Waals surface area contributed by atoms with Gasteiger partial charge in [-0.25, -0.2) is 8.78 Å². The van der Waals surface area contributed by atoms with Crippen LogP contribution in [0.5, 0.6) is 0 Å². The van der Waals surface area contributed by atoms with Gasteiger partial charge in [-0.15, -0.1) is 0 Å². The Kier molecular flexibility index (Phi) is 4.87. The van der Waals surface area contributed by atoms with Crippen molar-refractivity contribution in [2.24, 2.45) is 0 Å². The van der Waals surface area contributed by atoms with E-state index in [0.717, 1.165) is 12.3 Å². The van der Waals surface area contributed by atoms with Crippen molar-refractivity contribution in [3.63, 3.8) is 0 Å². The molecule has 0 spiro atoms. The Morgan fingerprint density at radius 1 is 1.41 bits per heavy atom. The largest absolute Gasteiger partial charge is 0.417 e. The summed E-state index contributed by atoms with van der Waals surface area (Å²) in [6, 6.07) is 0.802. The summed E-state index contributed by atoms with van der Waals surface area (Å²) in [7, 11) is 1.42. The van der Waals surface area contributed by atoms with Crippen LogP contribution in [-0.2, 0) is 11.6 Å². The van der Waals surface area contributed by atoms with Gasteiger partial charge in [0.25, 0.3) is 12.3 Å². The molecule has 3 rings (SSSR count). The first-order valence-electron chi connectivity index (χ1n) is 7.86. The molecule has 5 nitrogen and oxygen atoms in total. The van der Waals surface area contributed by atoms with Gasteiger partial charge in [-0.3, -0.25) is 14.9 Å². The number of carbonyl (C=O) groups excluding carboxylic acids is 1. The highest BCUT2D eigenvalue weighted by atomic mass is 35.5. The first kappa shape index (κ1) is 19.5. The monoisotopic (exact) mass is 408 g/mol. The maximum Gasteiger partial charge on any atom is 0.417 e. The minimum atomic E-state index is -4.56. The predicted octanol–water partition coefficient (Wildman–Crippen LogP) is 4.22. The first-order chi connectivity index (χ1) is 12.5. The molecule has 1 amide bonds. The standard InChI is InChI=1S/C16H14ClF5N4O/c1-26(14(27)9-6-24-25-11(9)13(18)19)7-15(2-3-15)12-10(17)4-8(5-23-12)16(20,21)22/h4-6,13H,2-3,7H2,1H3,(H,24,25). The number of hydrogen-bond donors (Lipinski definition) is 1. The van der Waals surface area contributed by atoms with E-state index in [0.29, 0.717) is 19.0 Å². The molecule has 2 heterocycles. The van der Waals surface area contributed by atoms with E-state index in [1.807, 2.05) is 0 Å². The number of rotatable bonds is 5. The molecule has 1 aliphatic carbocycles. The van der Waals surface area contributed by atoms with Gasteiger partial charge in [-0.05, 0) is 18.9 Å². The van der Waals surface area contributed by atoms with Crippen molar-refractivity contribution in [3.8, 4) is 0 Å². The van der Waals surface area contributed by atoms with Crippen molar-refractivity contribution in [1.82, 2.24) is 20.1 Å². The van der Waals surface area contributed by atoms with Crippen molar-refractivity contribution in [2.75, 3.05) is 13.6 Å². The van der Waals surface area contributed by atoms with Gasteiger partial charge in [0.1, 0.15) is 5.69 Å². The van der Waals surface area contributed by atoms with Crippen molar-refractivity contribution in [1.29, 1.82) is 0 Å². The molecule has 2 aromatic rings. The van der Waals surface area contributed by atoms with E-state index in [4.69, 9.17) is 11.6 Å². The van der Waals surface area contributed by atoms with E-state index >= 15 is 0 Å². The molecular formula is C16H14ClF5N4O. The number of amides is 1. The maximum atomic E-state index is 12.9. The third-order valence-electron chi connectivity index (χ3n) is 4.52. The van der Waals surface area contributed by atoms with Crippen LogP contribution >= 0.6 is 11.6 Å². The van der Waals surface area contributed by atoms with Gasteiger partial charge in [-0.1, -0.05) is 11.6 Å². The lowest BCUT2D eigenvalue weighted by atomic mass is 9.99. The first-order valence-corrected chi connectivity index (χ1v) is 8.23. The third kappa shape index (κ3) is 3.76. The average Bonchev–Trinajstić information content (AvgIpc) is 3.17. The Bertz CT molecular complexity index is 863. The SMILES string of the molecule is CN(CC1(c2ncc(C(F)(F)F)cc2Cl)CC1)C(=O)c1c[nH]nc1C(F)F. The molecule has 1 saturated carbocycles. The molecule has 0 atom stereocenters. The second-order valence-corrected chi connectivity index (χ2v) is 6.89. The lowest BCUT2D eigenvalue weighted by Gasteiger charge is -2.24. The lowest BCUT2D eigenvalue weighted by molar-refractivity contribution is -0.137. The van der Waals surface area contributed by atoms with Gasteiger partial charge >= 0.3 is 6.18 Å². The maximum absolute atomic E-state index is 12.9. The molecule has 0 unspecified atom stereocenters. The summed E-state index contributed by atoms with van der Waals surface area (Å²) in [5, 5.41) is 5.47. The molecule has 0 radical (unpaired) electrons. The van der Waals surface area contributed by atoms with Gasteiger partial charge in [0.15, 0.2) is 0 Å². The number of pyridine rings is 1. The van der Waals surface area contributed by atoms with E-state index in [-0.39, 0.29) is 22.8 Å². The van der Waals surface area contributed by atoms with E-state index in [2.05, 4.69) is 15.2 Å². The molecule has 1 N–H and O–H groups in total. The summed E-state index contributed by atoms with van der Waals surface area (Å²) >= 11 is 6.01. The van der Waals surface area contributed by atoms with Crippen molar-refractivity contribution < 1.29 is 26.7 Å². The van der Waals surface area contributed by atoms with Crippen LogP contribution in [0.3, 0.4) is 0 Å². The van der Waals surface area contributed by atoms with Gasteiger partial charge < -0.3 is 4.90 Å². The second-order valence-electron chi connectivity index (χ2n) is 6.48. The van der Waals surface area contributed by atoms with Crippen LogP contribution < -0.4 is 0 Å². The molecule has 0 aliphatic heterocycles. The van der Waals surface area contributed by atoms with Crippen LogP contribution in [0.25, 0.3) is 0 Å². The molecular weight excluding hydrogens is 395 g/mol. The number of aromatic nitrogens is 3. The van der Waals surface area contributed by atoms with Crippen molar-refractivity contribution >= 4 is 17.5 Å². The van der Waals surface area contributed by atoms with Crippen LogP contribution in [0.4, 0.5) is 22.0 Å². The molecule has 0 saturated heterocycles. The quantitative estimate of drug-likeness (QED) is 0.753. The highest BCUT2D eigenvalue weighted by Gasteiger charge is 2.49. The molecule has 2 aromatic heterocycles. The summed E-state index contributed by atoms with van der Waals surface area (Å²) in [5.74, 6) is -0.673. The van der Waals surface area contributed by atoms with Crippen LogP contribution in [0.1, 0.15) is 46.6 Å². The van der Waals surface area contributed by atoms with E-state index < -0.39 is 35.2 Å². The summed E-state index contributed by atoms with van der Waals surface area (Å²) < 4.78 is 64.1. The van der Waals surface area contributed by atoms with E-state index in [9.17, 15) is 26.7 Å². The van der Waals surface area contributed by atoms with Crippen LogP contribution in [0, 0.1) is 0 Å². The van der Waals surface area contributed by atoms with Crippen LogP contribution in [-0.4, -0.2) is 39.6 Å². The minimum absolute atomic E-state index is 0.0811. The highest BCUT2D eigenvalue weighted by Crippen LogP contribution is 2.50. The number of alkyl halides is 5. The Balaban J connectivity index is 1.81. The molecule has 1 fully saturated rings. The number of hydrogen-bond acceptors (Lipinski definition) is 3. The number of nitrogens with one attached hydrogen (secondary N) is 1. The van der Waals surface area contributed by atoms with E-state index in [1.165, 1.54) is 11.9 Å². The molecule has 0 bridgehead atoms. The number of aromatic amines is 1. The zero-order chi connectivity index (χ0) is 20.0. The Morgan fingerprint density at radius 2 is 2.07 bits per heavy atom. The van der Waals surface area contributed by atoms with Gasteiger partial charge in [0.2, 0.25) is 0 Å². The van der Waals surface area contributed by atoms with Gasteiger partial charge in [0, 0.05) is 31.4 Å². The van der Waals surface area contributed by atoms with Crippen LogP contribution in [0.15, 0.2) is 18.5 Å². The third-order valence-corrected chi connectivity index (χ3v) is 4.81. The van der Waals surface area contributed by atoms with Crippen LogP contribution in [0.2, 0.25) is 5.02 Å². The molecule has 27 heavy (non-hydrogen) atoms. The van der Waals surface area contributed by atoms with E-state index in [1.54, 1.807) is 0 Å². The van der Waals surface area contributed by atoms with Gasteiger partial charge in [-0.2, -0.15) is 18.3 Å². The highest BCUT2D eigenvalue weighted by molar-refractivity contribution is 6.31. The Hall–Kier alpha value is -2.23. The smallest absolute Gasteiger partial charge is 0.341 e. The van der Waals surface area contributed by atoms with Crippen molar-refractivity contribution in [2.45, 2.75) is 30.9 Å². The summed E-state index contributed by atoms with van der Waals surface area (Å²) in [6.45, 7) is 0.0811. The lowest BCUT2D eigenvalue weighted by Crippen LogP contribution is -2.35. The topological polar surface area (TPSA) is 61.9 Å².